The zero-order valence-electron chi connectivity index (χ0n) is 23.2. The Morgan fingerprint density at radius 3 is 2.63 bits per heavy atom. The molecule has 0 spiro atoms. The fourth-order valence-electron chi connectivity index (χ4n) is 10.1. The summed E-state index contributed by atoms with van der Waals surface area (Å²) in [7, 11) is 0. The molecule has 0 bridgehead atoms. The van der Waals surface area contributed by atoms with Crippen LogP contribution in [0, 0.1) is 34.5 Å². The van der Waals surface area contributed by atoms with Crippen molar-refractivity contribution in [3.8, 4) is 0 Å². The van der Waals surface area contributed by atoms with E-state index in [0.717, 1.165) is 63.7 Å². The van der Waals surface area contributed by atoms with Gasteiger partial charge in [-0.2, -0.15) is 0 Å². The van der Waals surface area contributed by atoms with Crippen molar-refractivity contribution in [3.05, 3.63) is 11.6 Å². The molecule has 6 aliphatic rings. The van der Waals surface area contributed by atoms with E-state index in [4.69, 9.17) is 4.74 Å². The predicted octanol–water partition coefficient (Wildman–Crippen LogP) is 2.98. The van der Waals surface area contributed by atoms with Gasteiger partial charge in [0.1, 0.15) is 6.61 Å². The second-order valence-electron chi connectivity index (χ2n) is 13.8. The molecule has 4 saturated carbocycles. The van der Waals surface area contributed by atoms with Crippen molar-refractivity contribution in [2.24, 2.45) is 34.5 Å². The minimum Gasteiger partial charge on any atom is -0.458 e. The second-order valence-corrected chi connectivity index (χ2v) is 13.8. The van der Waals surface area contributed by atoms with Crippen molar-refractivity contribution in [1.29, 1.82) is 0 Å². The van der Waals surface area contributed by atoms with E-state index < -0.39 is 17.1 Å². The zero-order chi connectivity index (χ0) is 26.7. The van der Waals surface area contributed by atoms with Gasteiger partial charge in [0.05, 0.1) is 11.7 Å². The van der Waals surface area contributed by atoms with E-state index in [1.807, 2.05) is 0 Å². The number of likely N-dealkylation sites (tertiary alicyclic amines) is 1. The standard InChI is InChI=1S/C30H47N3O5/c1-28-9-7-21(32-27(36)31-11-14-33-12-3-4-13-33)16-20(28)5-6-23-24(28)17-25(34)29(2)22(8-10-30(23,29)37)19-15-26(35)38-18-19/h15,20-25,34,37H,3-14,16-18H2,1-2H3,(H2,31,32,36)/t20-,21+,22-,23-,24+,25-,28+,29+,30+/m1/s1. The molecule has 6 rings (SSSR count). The molecule has 2 heterocycles. The average molecular weight is 530 g/mol. The van der Waals surface area contributed by atoms with E-state index in [9.17, 15) is 19.8 Å². The molecule has 9 atom stereocenters. The average Bonchev–Trinajstić information content (AvgIpc) is 3.61. The van der Waals surface area contributed by atoms with E-state index in [0.29, 0.717) is 25.3 Å². The summed E-state index contributed by atoms with van der Waals surface area (Å²) in [5, 5.41) is 30.4. The van der Waals surface area contributed by atoms with Crippen molar-refractivity contribution >= 4 is 12.0 Å². The summed E-state index contributed by atoms with van der Waals surface area (Å²) < 4.78 is 5.22. The highest BCUT2D eigenvalue weighted by atomic mass is 16.5. The number of carbonyl (C=O) groups excluding carboxylic acids is 2. The summed E-state index contributed by atoms with van der Waals surface area (Å²) >= 11 is 0. The lowest BCUT2D eigenvalue weighted by Gasteiger charge is -2.65. The number of nitrogens with one attached hydrogen (secondary N) is 2. The molecule has 212 valence electrons. The van der Waals surface area contributed by atoms with E-state index >= 15 is 0 Å². The van der Waals surface area contributed by atoms with Crippen LogP contribution in [0.25, 0.3) is 0 Å². The second kappa shape index (κ2) is 9.77. The Kier molecular flexibility index (Phi) is 6.83. The van der Waals surface area contributed by atoms with Crippen molar-refractivity contribution in [1.82, 2.24) is 15.5 Å². The first kappa shape index (κ1) is 26.6. The van der Waals surface area contributed by atoms with Crippen LogP contribution in [0.5, 0.6) is 0 Å². The van der Waals surface area contributed by atoms with Crippen molar-refractivity contribution in [3.63, 3.8) is 0 Å². The number of esters is 1. The first-order chi connectivity index (χ1) is 18.1. The number of hydrogen-bond donors (Lipinski definition) is 4. The first-order valence-electron chi connectivity index (χ1n) is 15.2. The van der Waals surface area contributed by atoms with Crippen LogP contribution in [0.15, 0.2) is 11.6 Å². The normalized spacial score (nSPS) is 46.5. The van der Waals surface area contributed by atoms with E-state index in [1.165, 1.54) is 12.8 Å². The van der Waals surface area contributed by atoms with E-state index in [1.54, 1.807) is 6.08 Å². The summed E-state index contributed by atoms with van der Waals surface area (Å²) in [6, 6.07) is 0.131. The third-order valence-corrected chi connectivity index (χ3v) is 12.3. The number of urea groups is 1. The summed E-state index contributed by atoms with van der Waals surface area (Å²) in [5.74, 6) is 0.566. The number of fused-ring (bicyclic) bond motifs is 5. The number of amides is 2. The van der Waals surface area contributed by atoms with Gasteiger partial charge in [-0.1, -0.05) is 13.8 Å². The van der Waals surface area contributed by atoms with Gasteiger partial charge in [0.15, 0.2) is 0 Å². The molecular weight excluding hydrogens is 482 g/mol. The number of nitrogens with zero attached hydrogens (tertiary/aromatic N) is 1. The third-order valence-electron chi connectivity index (χ3n) is 12.3. The number of aliphatic hydroxyl groups excluding tert-OH is 1. The van der Waals surface area contributed by atoms with E-state index in [2.05, 4.69) is 29.4 Å². The molecule has 0 aromatic carbocycles. The number of ether oxygens (including phenoxy) is 1. The Hall–Kier alpha value is -1.64. The van der Waals surface area contributed by atoms with Crippen LogP contribution in [-0.2, 0) is 9.53 Å². The van der Waals surface area contributed by atoms with Gasteiger partial charge in [-0.05, 0) is 112 Å². The van der Waals surface area contributed by atoms with Crippen LogP contribution in [0.2, 0.25) is 0 Å². The van der Waals surface area contributed by atoms with Crippen LogP contribution >= 0.6 is 0 Å². The Labute approximate surface area is 226 Å². The molecule has 8 nitrogen and oxygen atoms in total. The van der Waals surface area contributed by atoms with Crippen molar-refractivity contribution < 1.29 is 24.5 Å². The molecule has 2 amide bonds. The molecule has 4 N–H and O–H groups in total. The van der Waals surface area contributed by atoms with Gasteiger partial charge in [0, 0.05) is 30.6 Å². The maximum Gasteiger partial charge on any atom is 0.331 e. The van der Waals surface area contributed by atoms with Gasteiger partial charge >= 0.3 is 12.0 Å². The summed E-state index contributed by atoms with van der Waals surface area (Å²) in [6.07, 6.45) is 10.6. The zero-order valence-corrected chi connectivity index (χ0v) is 23.2. The maximum absolute atomic E-state index is 12.6. The number of rotatable bonds is 5. The fraction of sp³-hybridized carbons (Fsp3) is 0.867. The van der Waals surface area contributed by atoms with Gasteiger partial charge in [-0.15, -0.1) is 0 Å². The van der Waals surface area contributed by atoms with Crippen molar-refractivity contribution in [2.45, 2.75) is 95.8 Å². The molecule has 0 aromatic rings. The minimum atomic E-state index is -0.940. The summed E-state index contributed by atoms with van der Waals surface area (Å²) in [4.78, 5) is 26.8. The lowest BCUT2D eigenvalue weighted by atomic mass is 9.42. The molecule has 0 unspecified atom stereocenters. The monoisotopic (exact) mass is 529 g/mol. The Morgan fingerprint density at radius 1 is 1.11 bits per heavy atom. The first-order valence-corrected chi connectivity index (χ1v) is 15.2. The molecule has 0 aromatic heterocycles. The quantitative estimate of drug-likeness (QED) is 0.408. The van der Waals surface area contributed by atoms with Crippen LogP contribution in [0.1, 0.15) is 78.1 Å². The van der Waals surface area contributed by atoms with Gasteiger partial charge in [-0.3, -0.25) is 0 Å². The number of hydrogen-bond acceptors (Lipinski definition) is 6. The van der Waals surface area contributed by atoms with Gasteiger partial charge in [-0.25, -0.2) is 9.59 Å². The Morgan fingerprint density at radius 2 is 1.89 bits per heavy atom. The van der Waals surface area contributed by atoms with Crippen LogP contribution < -0.4 is 10.6 Å². The topological polar surface area (TPSA) is 111 Å². The fourth-order valence-corrected chi connectivity index (χ4v) is 10.1. The molecule has 4 aliphatic carbocycles. The minimum absolute atomic E-state index is 0.0238. The molecular formula is C30H47N3O5. The highest BCUT2D eigenvalue weighted by Crippen LogP contribution is 2.69. The van der Waals surface area contributed by atoms with Crippen LogP contribution in [-0.4, -0.2) is 77.6 Å². The SMILES string of the molecule is C[C@]12CC[C@H](NC(=O)NCCN3CCCC3)C[C@H]1CC[C@@H]1[C@@H]2C[C@@H](O)[C@]2(C)[C@@H](C3=CC(=O)OC3)CC[C@]12O. The molecule has 2 aliphatic heterocycles. The Balaban J connectivity index is 1.11. The van der Waals surface area contributed by atoms with Crippen LogP contribution in [0.4, 0.5) is 4.79 Å². The molecule has 5 fully saturated rings. The lowest BCUT2D eigenvalue weighted by Crippen LogP contribution is -2.67. The smallest absolute Gasteiger partial charge is 0.331 e. The third kappa shape index (κ3) is 4.12. The lowest BCUT2D eigenvalue weighted by molar-refractivity contribution is -0.242. The predicted molar refractivity (Wildman–Crippen MR) is 143 cm³/mol. The van der Waals surface area contributed by atoms with E-state index in [-0.39, 0.29) is 47.8 Å². The molecule has 38 heavy (non-hydrogen) atoms. The highest BCUT2D eigenvalue weighted by molar-refractivity contribution is 5.85. The summed E-state index contributed by atoms with van der Waals surface area (Å²) in [6.45, 7) is 8.64. The van der Waals surface area contributed by atoms with Gasteiger partial charge in [0.2, 0.25) is 0 Å². The molecule has 8 heteroatoms. The van der Waals surface area contributed by atoms with Gasteiger partial charge in [0.25, 0.3) is 0 Å². The largest absolute Gasteiger partial charge is 0.458 e. The molecule has 0 radical (unpaired) electrons. The Bertz CT molecular complexity index is 981. The summed E-state index contributed by atoms with van der Waals surface area (Å²) in [5.41, 5.74) is -0.612. The van der Waals surface area contributed by atoms with Crippen molar-refractivity contribution in [2.75, 3.05) is 32.8 Å². The number of aliphatic hydroxyl groups is 2. The van der Waals surface area contributed by atoms with Gasteiger partial charge < -0.3 is 30.5 Å². The maximum atomic E-state index is 12.6. The molecule has 1 saturated heterocycles. The number of carbonyl (C=O) groups is 2. The number of cyclic esters (lactones) is 1. The van der Waals surface area contributed by atoms with Crippen LogP contribution in [0.3, 0.4) is 0 Å². The highest BCUT2D eigenvalue weighted by Gasteiger charge is 2.70.